The van der Waals surface area contributed by atoms with Crippen LogP contribution in [0.5, 0.6) is 0 Å². The highest BCUT2D eigenvalue weighted by molar-refractivity contribution is 5.69. The third kappa shape index (κ3) is 8.01. The van der Waals surface area contributed by atoms with Crippen LogP contribution in [0, 0.1) is 0 Å². The number of rotatable bonds is 8. The molecule has 0 fully saturated rings. The number of aliphatic hydroxyl groups excluding tert-OH is 1. The van der Waals surface area contributed by atoms with E-state index in [1.54, 1.807) is 6.92 Å². The molecule has 0 aromatic heterocycles. The molecule has 2 N–H and O–H groups in total. The van der Waals surface area contributed by atoms with Gasteiger partial charge in [0.05, 0.1) is 13.0 Å². The first-order valence-electron chi connectivity index (χ1n) is 5.20. The van der Waals surface area contributed by atoms with Gasteiger partial charge in [0.1, 0.15) is 0 Å². The molecule has 4 nitrogen and oxygen atoms in total. The van der Waals surface area contributed by atoms with E-state index in [4.69, 9.17) is 9.84 Å². The van der Waals surface area contributed by atoms with Gasteiger partial charge in [0, 0.05) is 19.2 Å². The van der Waals surface area contributed by atoms with E-state index >= 15 is 0 Å². The fraction of sp³-hybridized carbons (Fsp3) is 0.900. The number of carbonyl (C=O) groups is 1. The third-order valence-corrected chi connectivity index (χ3v) is 1.92. The first-order chi connectivity index (χ1) is 6.70. The molecule has 14 heavy (non-hydrogen) atoms. The van der Waals surface area contributed by atoms with Gasteiger partial charge in [-0.1, -0.05) is 0 Å². The van der Waals surface area contributed by atoms with Crippen molar-refractivity contribution in [2.75, 3.05) is 19.8 Å². The van der Waals surface area contributed by atoms with Crippen molar-refractivity contribution in [1.29, 1.82) is 0 Å². The molecule has 0 bridgehead atoms. The number of ether oxygens (including phenoxy) is 1. The molecule has 84 valence electrons. The summed E-state index contributed by atoms with van der Waals surface area (Å²) in [5, 5.41) is 11.8. The summed E-state index contributed by atoms with van der Waals surface area (Å²) in [6.07, 6.45) is 2.14. The van der Waals surface area contributed by atoms with Crippen molar-refractivity contribution in [3.63, 3.8) is 0 Å². The van der Waals surface area contributed by atoms with Crippen LogP contribution in [0.3, 0.4) is 0 Å². The molecular formula is C10H21NO3. The van der Waals surface area contributed by atoms with Crippen molar-refractivity contribution in [3.05, 3.63) is 0 Å². The van der Waals surface area contributed by atoms with E-state index in [9.17, 15) is 4.79 Å². The maximum Gasteiger partial charge on any atom is 0.307 e. The van der Waals surface area contributed by atoms with Gasteiger partial charge in [-0.05, 0) is 26.7 Å². The average molecular weight is 203 g/mol. The van der Waals surface area contributed by atoms with E-state index in [1.165, 1.54) is 0 Å². The van der Waals surface area contributed by atoms with Crippen LogP contribution >= 0.6 is 0 Å². The van der Waals surface area contributed by atoms with Crippen molar-refractivity contribution < 1.29 is 14.6 Å². The Balaban J connectivity index is 3.29. The molecular weight excluding hydrogens is 182 g/mol. The Labute approximate surface area is 85.6 Å². The molecule has 1 atom stereocenters. The van der Waals surface area contributed by atoms with Gasteiger partial charge in [-0.2, -0.15) is 0 Å². The Hall–Kier alpha value is -0.610. The van der Waals surface area contributed by atoms with Crippen molar-refractivity contribution >= 4 is 5.97 Å². The zero-order valence-electron chi connectivity index (χ0n) is 9.08. The number of esters is 1. The minimum absolute atomic E-state index is 0.158. The van der Waals surface area contributed by atoms with Gasteiger partial charge in [-0.15, -0.1) is 0 Å². The lowest BCUT2D eigenvalue weighted by Crippen LogP contribution is -2.28. The summed E-state index contributed by atoms with van der Waals surface area (Å²) in [7, 11) is 0. The summed E-state index contributed by atoms with van der Waals surface area (Å²) in [5.41, 5.74) is 0. The van der Waals surface area contributed by atoms with Crippen LogP contribution < -0.4 is 5.32 Å². The molecule has 0 aromatic rings. The van der Waals surface area contributed by atoms with E-state index in [2.05, 4.69) is 5.32 Å². The van der Waals surface area contributed by atoms with Crippen LogP contribution in [-0.2, 0) is 9.53 Å². The lowest BCUT2D eigenvalue weighted by Gasteiger charge is -2.12. The summed E-state index contributed by atoms with van der Waals surface area (Å²) in [4.78, 5) is 10.9. The zero-order chi connectivity index (χ0) is 10.8. The first-order valence-corrected chi connectivity index (χ1v) is 5.20. The predicted molar refractivity (Wildman–Crippen MR) is 55.0 cm³/mol. The first kappa shape index (κ1) is 13.4. The Kier molecular flexibility index (Phi) is 8.57. The van der Waals surface area contributed by atoms with Gasteiger partial charge < -0.3 is 15.2 Å². The number of aliphatic hydroxyl groups is 1. The predicted octanol–water partition coefficient (Wildman–Crippen LogP) is 0.690. The van der Waals surface area contributed by atoms with E-state index in [0.717, 1.165) is 12.8 Å². The standard InChI is InChI=1S/C10H21NO3/c1-3-14-10(13)6-7-11-9(2)5-4-8-12/h9,11-12H,3-8H2,1-2H3. The maximum atomic E-state index is 10.9. The monoisotopic (exact) mass is 203 g/mol. The van der Waals surface area contributed by atoms with Crippen molar-refractivity contribution in [3.8, 4) is 0 Å². The van der Waals surface area contributed by atoms with E-state index in [1.807, 2.05) is 6.92 Å². The highest BCUT2D eigenvalue weighted by atomic mass is 16.5. The summed E-state index contributed by atoms with van der Waals surface area (Å²) >= 11 is 0. The molecule has 0 aliphatic heterocycles. The van der Waals surface area contributed by atoms with Gasteiger partial charge in [-0.3, -0.25) is 4.79 Å². The Morgan fingerprint density at radius 1 is 1.57 bits per heavy atom. The molecule has 0 aliphatic carbocycles. The molecule has 0 radical (unpaired) electrons. The molecule has 0 saturated carbocycles. The van der Waals surface area contributed by atoms with Gasteiger partial charge >= 0.3 is 5.97 Å². The number of hydrogen-bond acceptors (Lipinski definition) is 4. The molecule has 4 heteroatoms. The van der Waals surface area contributed by atoms with Gasteiger partial charge in [0.25, 0.3) is 0 Å². The fourth-order valence-electron chi connectivity index (χ4n) is 1.15. The highest BCUT2D eigenvalue weighted by Gasteiger charge is 2.03. The molecule has 0 aliphatic rings. The SMILES string of the molecule is CCOC(=O)CCNC(C)CCCO. The lowest BCUT2D eigenvalue weighted by atomic mass is 10.2. The normalized spacial score (nSPS) is 12.5. The smallest absolute Gasteiger partial charge is 0.307 e. The van der Waals surface area contributed by atoms with Crippen LogP contribution in [0.4, 0.5) is 0 Å². The maximum absolute atomic E-state index is 10.9. The van der Waals surface area contributed by atoms with Crippen LogP contribution in [0.25, 0.3) is 0 Å². The number of hydrogen-bond donors (Lipinski definition) is 2. The zero-order valence-corrected chi connectivity index (χ0v) is 9.08. The minimum Gasteiger partial charge on any atom is -0.466 e. The Morgan fingerprint density at radius 3 is 2.86 bits per heavy atom. The molecule has 0 heterocycles. The largest absolute Gasteiger partial charge is 0.466 e. The third-order valence-electron chi connectivity index (χ3n) is 1.92. The molecule has 0 spiro atoms. The van der Waals surface area contributed by atoms with Crippen LogP contribution in [-0.4, -0.2) is 36.9 Å². The van der Waals surface area contributed by atoms with Gasteiger partial charge in [-0.25, -0.2) is 0 Å². The average Bonchev–Trinajstić information content (AvgIpc) is 2.15. The Morgan fingerprint density at radius 2 is 2.29 bits per heavy atom. The molecule has 0 saturated heterocycles. The molecule has 1 unspecified atom stereocenters. The quantitative estimate of drug-likeness (QED) is 0.570. The van der Waals surface area contributed by atoms with Gasteiger partial charge in [0.2, 0.25) is 0 Å². The van der Waals surface area contributed by atoms with E-state index in [-0.39, 0.29) is 12.6 Å². The molecule has 0 amide bonds. The topological polar surface area (TPSA) is 58.6 Å². The second-order valence-electron chi connectivity index (χ2n) is 3.28. The van der Waals surface area contributed by atoms with E-state index < -0.39 is 0 Å². The number of carbonyl (C=O) groups excluding carboxylic acids is 1. The molecule has 0 aromatic carbocycles. The van der Waals surface area contributed by atoms with Crippen molar-refractivity contribution in [1.82, 2.24) is 5.32 Å². The summed E-state index contributed by atoms with van der Waals surface area (Å²) in [6.45, 7) is 5.16. The van der Waals surface area contributed by atoms with Gasteiger partial charge in [0.15, 0.2) is 0 Å². The van der Waals surface area contributed by atoms with Crippen molar-refractivity contribution in [2.24, 2.45) is 0 Å². The summed E-state index contributed by atoms with van der Waals surface area (Å²) in [5.74, 6) is -0.158. The lowest BCUT2D eigenvalue weighted by molar-refractivity contribution is -0.142. The Bertz CT molecular complexity index is 150. The second kappa shape index (κ2) is 8.97. The molecule has 0 rings (SSSR count). The van der Waals surface area contributed by atoms with Crippen LogP contribution in [0.15, 0.2) is 0 Å². The van der Waals surface area contributed by atoms with Crippen LogP contribution in [0.1, 0.15) is 33.1 Å². The summed E-state index contributed by atoms with van der Waals surface area (Å²) < 4.78 is 4.79. The second-order valence-corrected chi connectivity index (χ2v) is 3.28. The number of nitrogens with one attached hydrogen (secondary N) is 1. The van der Waals surface area contributed by atoms with Crippen molar-refractivity contribution in [2.45, 2.75) is 39.2 Å². The summed E-state index contributed by atoms with van der Waals surface area (Å²) in [6, 6.07) is 0.344. The fourth-order valence-corrected chi connectivity index (χ4v) is 1.15. The van der Waals surface area contributed by atoms with Crippen LogP contribution in [0.2, 0.25) is 0 Å². The highest BCUT2D eigenvalue weighted by Crippen LogP contribution is 1.95. The minimum atomic E-state index is -0.158. The van der Waals surface area contributed by atoms with E-state index in [0.29, 0.717) is 25.6 Å².